The Balaban J connectivity index is 2.33. The van der Waals surface area contributed by atoms with E-state index in [4.69, 9.17) is 5.26 Å². The standard InChI is InChI=1S/C16H13BrN2O/c1-10-6-7-12(9-18)8-14(10)19-16(20)13-5-3-4-11(2)15(13)17/h3-8H,1-2H3,(H,19,20). The molecule has 2 rings (SSSR count). The molecule has 0 heterocycles. The number of carbonyl (C=O) groups excluding carboxylic acids is 1. The number of anilines is 1. The SMILES string of the molecule is Cc1ccc(C#N)cc1NC(=O)c1cccc(C)c1Br. The van der Waals surface area contributed by atoms with Crippen molar-refractivity contribution < 1.29 is 4.79 Å². The summed E-state index contributed by atoms with van der Waals surface area (Å²) in [6, 6.07) is 12.8. The fourth-order valence-corrected chi connectivity index (χ4v) is 2.28. The number of aryl methyl sites for hydroxylation is 2. The zero-order valence-corrected chi connectivity index (χ0v) is 12.8. The second kappa shape index (κ2) is 5.89. The van der Waals surface area contributed by atoms with Gasteiger partial charge in [-0.25, -0.2) is 0 Å². The molecule has 0 aliphatic heterocycles. The van der Waals surface area contributed by atoms with Crippen LogP contribution in [0.15, 0.2) is 40.9 Å². The molecule has 0 saturated carbocycles. The molecule has 0 bridgehead atoms. The van der Waals surface area contributed by atoms with E-state index >= 15 is 0 Å². The van der Waals surface area contributed by atoms with Gasteiger partial charge in [0.05, 0.1) is 17.2 Å². The van der Waals surface area contributed by atoms with Crippen molar-refractivity contribution in [2.24, 2.45) is 0 Å². The van der Waals surface area contributed by atoms with E-state index in [0.717, 1.165) is 15.6 Å². The monoisotopic (exact) mass is 328 g/mol. The Morgan fingerprint density at radius 3 is 2.65 bits per heavy atom. The first kappa shape index (κ1) is 14.3. The molecule has 0 aromatic heterocycles. The maximum atomic E-state index is 12.3. The van der Waals surface area contributed by atoms with Crippen molar-refractivity contribution in [2.45, 2.75) is 13.8 Å². The van der Waals surface area contributed by atoms with Gasteiger partial charge in [-0.15, -0.1) is 0 Å². The normalized spacial score (nSPS) is 9.90. The number of hydrogen-bond donors (Lipinski definition) is 1. The predicted molar refractivity (Wildman–Crippen MR) is 82.7 cm³/mol. The van der Waals surface area contributed by atoms with Crippen LogP contribution in [0, 0.1) is 25.2 Å². The summed E-state index contributed by atoms with van der Waals surface area (Å²) in [4.78, 5) is 12.3. The van der Waals surface area contributed by atoms with Crippen LogP contribution < -0.4 is 5.32 Å². The van der Waals surface area contributed by atoms with Gasteiger partial charge < -0.3 is 5.32 Å². The first-order valence-corrected chi connectivity index (χ1v) is 6.89. The van der Waals surface area contributed by atoms with E-state index < -0.39 is 0 Å². The van der Waals surface area contributed by atoms with Crippen molar-refractivity contribution in [1.82, 2.24) is 0 Å². The second-order valence-corrected chi connectivity index (χ2v) is 5.33. The molecule has 0 aliphatic rings. The Bertz CT molecular complexity index is 717. The fraction of sp³-hybridized carbons (Fsp3) is 0.125. The Kier molecular flexibility index (Phi) is 4.21. The number of halogens is 1. The van der Waals surface area contributed by atoms with Gasteiger partial charge >= 0.3 is 0 Å². The van der Waals surface area contributed by atoms with E-state index in [2.05, 4.69) is 27.3 Å². The van der Waals surface area contributed by atoms with Gasteiger partial charge in [0.15, 0.2) is 0 Å². The van der Waals surface area contributed by atoms with Gasteiger partial charge in [-0.3, -0.25) is 4.79 Å². The average Bonchev–Trinajstić information content (AvgIpc) is 2.44. The number of carbonyl (C=O) groups is 1. The highest BCUT2D eigenvalue weighted by molar-refractivity contribution is 9.10. The van der Waals surface area contributed by atoms with Crippen LogP contribution in [0.4, 0.5) is 5.69 Å². The Labute approximate surface area is 126 Å². The third-order valence-electron chi connectivity index (χ3n) is 3.05. The van der Waals surface area contributed by atoms with Gasteiger partial charge in [0.2, 0.25) is 0 Å². The van der Waals surface area contributed by atoms with Crippen molar-refractivity contribution in [3.8, 4) is 6.07 Å². The third kappa shape index (κ3) is 2.89. The lowest BCUT2D eigenvalue weighted by Gasteiger charge is -2.10. The Morgan fingerprint density at radius 1 is 1.20 bits per heavy atom. The van der Waals surface area contributed by atoms with Gasteiger partial charge in [0.1, 0.15) is 0 Å². The van der Waals surface area contributed by atoms with Crippen LogP contribution in [-0.4, -0.2) is 5.91 Å². The number of nitrogens with zero attached hydrogens (tertiary/aromatic N) is 1. The van der Waals surface area contributed by atoms with Crippen LogP contribution in [0.3, 0.4) is 0 Å². The summed E-state index contributed by atoms with van der Waals surface area (Å²) in [5.74, 6) is -0.196. The predicted octanol–water partition coefficient (Wildman–Crippen LogP) is 4.19. The molecule has 2 aromatic carbocycles. The molecule has 20 heavy (non-hydrogen) atoms. The fourth-order valence-electron chi connectivity index (χ4n) is 1.84. The average molecular weight is 329 g/mol. The largest absolute Gasteiger partial charge is 0.322 e. The third-order valence-corrected chi connectivity index (χ3v) is 4.10. The summed E-state index contributed by atoms with van der Waals surface area (Å²) in [5.41, 5.74) is 3.67. The first-order valence-electron chi connectivity index (χ1n) is 6.10. The van der Waals surface area contributed by atoms with E-state index in [0.29, 0.717) is 16.8 Å². The molecule has 0 fully saturated rings. The molecule has 0 spiro atoms. The van der Waals surface area contributed by atoms with Gasteiger partial charge in [0.25, 0.3) is 5.91 Å². The van der Waals surface area contributed by atoms with Crippen LogP contribution >= 0.6 is 15.9 Å². The molecule has 1 N–H and O–H groups in total. The van der Waals surface area contributed by atoms with Crippen LogP contribution in [0.2, 0.25) is 0 Å². The number of amides is 1. The molecule has 0 atom stereocenters. The van der Waals surface area contributed by atoms with E-state index in [1.54, 1.807) is 18.2 Å². The number of benzene rings is 2. The maximum Gasteiger partial charge on any atom is 0.256 e. The molecule has 0 unspecified atom stereocenters. The van der Waals surface area contributed by atoms with Crippen molar-refractivity contribution in [3.05, 3.63) is 63.1 Å². The smallest absolute Gasteiger partial charge is 0.256 e. The van der Waals surface area contributed by atoms with Crippen molar-refractivity contribution in [2.75, 3.05) is 5.32 Å². The van der Waals surface area contributed by atoms with Crippen LogP contribution in [0.25, 0.3) is 0 Å². The van der Waals surface area contributed by atoms with Crippen molar-refractivity contribution in [1.29, 1.82) is 5.26 Å². The summed E-state index contributed by atoms with van der Waals surface area (Å²) in [6.45, 7) is 3.82. The number of hydrogen-bond acceptors (Lipinski definition) is 2. The molecule has 4 heteroatoms. The van der Waals surface area contributed by atoms with Crippen LogP contribution in [0.5, 0.6) is 0 Å². The highest BCUT2D eigenvalue weighted by Crippen LogP contribution is 2.23. The summed E-state index contributed by atoms with van der Waals surface area (Å²) in [6.07, 6.45) is 0. The topological polar surface area (TPSA) is 52.9 Å². The molecule has 0 saturated heterocycles. The van der Waals surface area contributed by atoms with Crippen LogP contribution in [0.1, 0.15) is 27.0 Å². The summed E-state index contributed by atoms with van der Waals surface area (Å²) >= 11 is 3.43. The first-order chi connectivity index (χ1) is 9.52. The molecule has 1 amide bonds. The zero-order valence-electron chi connectivity index (χ0n) is 11.2. The summed E-state index contributed by atoms with van der Waals surface area (Å²) < 4.78 is 0.784. The highest BCUT2D eigenvalue weighted by Gasteiger charge is 2.12. The lowest BCUT2D eigenvalue weighted by Crippen LogP contribution is -2.14. The maximum absolute atomic E-state index is 12.3. The minimum absolute atomic E-state index is 0.196. The molecule has 2 aromatic rings. The summed E-state index contributed by atoms with van der Waals surface area (Å²) in [5, 5.41) is 11.8. The van der Waals surface area contributed by atoms with E-state index in [1.165, 1.54) is 0 Å². The second-order valence-electron chi connectivity index (χ2n) is 4.53. The van der Waals surface area contributed by atoms with Crippen LogP contribution in [-0.2, 0) is 0 Å². The number of nitriles is 1. The minimum atomic E-state index is -0.196. The molecule has 0 radical (unpaired) electrons. The highest BCUT2D eigenvalue weighted by atomic mass is 79.9. The zero-order chi connectivity index (χ0) is 14.7. The quantitative estimate of drug-likeness (QED) is 0.898. The lowest BCUT2D eigenvalue weighted by atomic mass is 10.1. The van der Waals surface area contributed by atoms with Gasteiger partial charge in [0, 0.05) is 10.2 Å². The molecular formula is C16H13BrN2O. The lowest BCUT2D eigenvalue weighted by molar-refractivity contribution is 0.102. The Morgan fingerprint density at radius 2 is 1.95 bits per heavy atom. The number of nitrogens with one attached hydrogen (secondary N) is 1. The van der Waals surface area contributed by atoms with Crippen molar-refractivity contribution in [3.63, 3.8) is 0 Å². The van der Waals surface area contributed by atoms with Gasteiger partial charge in [-0.2, -0.15) is 5.26 Å². The molecule has 0 aliphatic carbocycles. The van der Waals surface area contributed by atoms with Gasteiger partial charge in [-0.1, -0.05) is 18.2 Å². The van der Waals surface area contributed by atoms with E-state index in [9.17, 15) is 4.79 Å². The minimum Gasteiger partial charge on any atom is -0.322 e. The molecular weight excluding hydrogens is 316 g/mol. The number of rotatable bonds is 2. The molecule has 3 nitrogen and oxygen atoms in total. The molecule has 100 valence electrons. The van der Waals surface area contributed by atoms with E-state index in [-0.39, 0.29) is 5.91 Å². The van der Waals surface area contributed by atoms with Gasteiger partial charge in [-0.05, 0) is 59.1 Å². The Hall–Kier alpha value is -2.12. The van der Waals surface area contributed by atoms with Crippen molar-refractivity contribution >= 4 is 27.5 Å². The summed E-state index contributed by atoms with van der Waals surface area (Å²) in [7, 11) is 0. The van der Waals surface area contributed by atoms with E-state index in [1.807, 2.05) is 32.0 Å².